The lowest BCUT2D eigenvalue weighted by atomic mass is 10.2. The van der Waals surface area contributed by atoms with E-state index in [1.165, 1.54) is 26.9 Å². The third kappa shape index (κ3) is 12.0. The molecule has 0 aromatic carbocycles. The third-order valence-electron chi connectivity index (χ3n) is 4.45. The van der Waals surface area contributed by atoms with Crippen molar-refractivity contribution in [2.75, 3.05) is 58.4 Å². The fourth-order valence-electron chi connectivity index (χ4n) is 2.55. The van der Waals surface area contributed by atoms with Gasteiger partial charge in [-0.1, -0.05) is 28.0 Å². The summed E-state index contributed by atoms with van der Waals surface area (Å²) in [7, 11) is 6.43. The average Bonchev–Trinajstić information content (AvgIpc) is 3.10. The average molecular weight is 489 g/mol. The molecule has 1 N–H and O–H groups in total. The second-order valence-electron chi connectivity index (χ2n) is 7.09. The van der Waals surface area contributed by atoms with Crippen molar-refractivity contribution in [3.05, 3.63) is 12.2 Å². The number of hydrogen-bond donors (Lipinski definition) is 1. The number of nitrogens with zero attached hydrogens (tertiary/aromatic N) is 3. The van der Waals surface area contributed by atoms with Gasteiger partial charge in [0, 0.05) is 70.4 Å². The van der Waals surface area contributed by atoms with Crippen LogP contribution in [-0.4, -0.2) is 103 Å². The van der Waals surface area contributed by atoms with Crippen molar-refractivity contribution in [1.82, 2.24) is 20.0 Å². The van der Waals surface area contributed by atoms with Crippen LogP contribution in [0.1, 0.15) is 25.7 Å². The Hall–Kier alpha value is -2.21. The fraction of sp³-hybridized carbons (Fsp3) is 0.650. The highest BCUT2D eigenvalue weighted by atomic mass is 33.1. The summed E-state index contributed by atoms with van der Waals surface area (Å²) in [5.41, 5.74) is 0. The summed E-state index contributed by atoms with van der Waals surface area (Å²) >= 11 is 0. The molecule has 0 fully saturated rings. The first kappa shape index (κ1) is 27.8. The van der Waals surface area contributed by atoms with Crippen LogP contribution in [0, 0.1) is 0 Å². The van der Waals surface area contributed by atoms with Crippen LogP contribution < -0.4 is 5.32 Å². The quantitative estimate of drug-likeness (QED) is 0.140. The van der Waals surface area contributed by atoms with Crippen molar-refractivity contribution in [2.45, 2.75) is 25.7 Å². The second kappa shape index (κ2) is 16.4. The lowest BCUT2D eigenvalue weighted by Crippen LogP contribution is -2.35. The number of ether oxygens (including phenoxy) is 1. The fourth-order valence-corrected chi connectivity index (χ4v) is 4.28. The predicted molar refractivity (Wildman–Crippen MR) is 125 cm³/mol. The molecule has 1 aliphatic rings. The zero-order valence-corrected chi connectivity index (χ0v) is 20.3. The normalized spacial score (nSPS) is 12.8. The number of rotatable bonds is 17. The lowest BCUT2D eigenvalue weighted by molar-refractivity contribution is -0.137. The van der Waals surface area contributed by atoms with Crippen LogP contribution >= 0.6 is 21.6 Å². The number of imide groups is 1. The van der Waals surface area contributed by atoms with Gasteiger partial charge in [-0.05, 0) is 12.8 Å². The van der Waals surface area contributed by atoms with Gasteiger partial charge in [-0.15, -0.1) is 0 Å². The molecule has 0 radical (unpaired) electrons. The maximum Gasteiger partial charge on any atom is 0.409 e. The maximum absolute atomic E-state index is 11.8. The smallest absolute Gasteiger partial charge is 0.409 e. The highest BCUT2D eigenvalue weighted by Gasteiger charge is 2.22. The minimum atomic E-state index is -0.419. The molecule has 0 aromatic heterocycles. The van der Waals surface area contributed by atoms with E-state index >= 15 is 0 Å². The van der Waals surface area contributed by atoms with Crippen LogP contribution in [0.4, 0.5) is 4.79 Å². The predicted octanol–water partition coefficient (Wildman–Crippen LogP) is 1.13. The first-order valence-corrected chi connectivity index (χ1v) is 12.9. The van der Waals surface area contributed by atoms with E-state index in [2.05, 4.69) is 5.32 Å². The van der Waals surface area contributed by atoms with Crippen LogP contribution in [0.15, 0.2) is 12.2 Å². The number of hydrogen-bond acceptors (Lipinski definition) is 8. The number of carbonyl (C=O) groups is 5. The van der Waals surface area contributed by atoms with Gasteiger partial charge in [0.2, 0.25) is 12.3 Å². The number of unbranched alkanes of at least 4 members (excludes halogenated alkanes) is 2. The second-order valence-corrected chi connectivity index (χ2v) is 9.79. The largest absolute Gasteiger partial charge is 0.449 e. The summed E-state index contributed by atoms with van der Waals surface area (Å²) in [6.07, 6.45) is 5.43. The van der Waals surface area contributed by atoms with Crippen LogP contribution in [0.3, 0.4) is 0 Å². The molecule has 0 saturated heterocycles. The highest BCUT2D eigenvalue weighted by molar-refractivity contribution is 8.76. The Morgan fingerprint density at radius 1 is 1.06 bits per heavy atom. The molecule has 1 aliphatic heterocycles. The maximum atomic E-state index is 11.8. The Labute approximate surface area is 196 Å². The third-order valence-corrected chi connectivity index (χ3v) is 6.82. The molecule has 0 aliphatic carbocycles. The molecule has 180 valence electrons. The van der Waals surface area contributed by atoms with Crippen molar-refractivity contribution in [3.8, 4) is 0 Å². The molecule has 0 spiro atoms. The minimum absolute atomic E-state index is 0.0113. The SMILES string of the molecule is CN(C=O)CCN(C)C(=O)OCCSSCCNC(=O)CCCCCN1C(=O)C=CC1=O. The van der Waals surface area contributed by atoms with Crippen LogP contribution in [0.5, 0.6) is 0 Å². The molecule has 0 saturated carbocycles. The zero-order valence-electron chi connectivity index (χ0n) is 18.6. The van der Waals surface area contributed by atoms with Crippen molar-refractivity contribution in [2.24, 2.45) is 0 Å². The summed E-state index contributed by atoms with van der Waals surface area (Å²) in [4.78, 5) is 61.0. The lowest BCUT2D eigenvalue weighted by Gasteiger charge is -2.19. The molecular weight excluding hydrogens is 456 g/mol. The Morgan fingerprint density at radius 3 is 2.44 bits per heavy atom. The summed E-state index contributed by atoms with van der Waals surface area (Å²) in [6.45, 7) is 2.10. The summed E-state index contributed by atoms with van der Waals surface area (Å²) < 4.78 is 5.16. The van der Waals surface area contributed by atoms with Crippen molar-refractivity contribution >= 4 is 51.8 Å². The van der Waals surface area contributed by atoms with Gasteiger partial charge in [-0.3, -0.25) is 24.1 Å². The van der Waals surface area contributed by atoms with Crippen LogP contribution in [0.25, 0.3) is 0 Å². The van der Waals surface area contributed by atoms with Crippen molar-refractivity contribution < 1.29 is 28.7 Å². The van der Waals surface area contributed by atoms with Gasteiger partial charge in [-0.25, -0.2) is 4.79 Å². The van der Waals surface area contributed by atoms with Crippen LogP contribution in [0.2, 0.25) is 0 Å². The number of amides is 5. The number of likely N-dealkylation sites (N-methyl/N-ethyl adjacent to an activating group) is 2. The van der Waals surface area contributed by atoms with Gasteiger partial charge in [0.1, 0.15) is 6.61 Å². The molecule has 1 rings (SSSR count). The van der Waals surface area contributed by atoms with E-state index in [0.29, 0.717) is 64.2 Å². The highest BCUT2D eigenvalue weighted by Crippen LogP contribution is 2.19. The topological polar surface area (TPSA) is 116 Å². The monoisotopic (exact) mass is 488 g/mol. The van der Waals surface area contributed by atoms with Crippen molar-refractivity contribution in [3.63, 3.8) is 0 Å². The van der Waals surface area contributed by atoms with Gasteiger partial charge in [0.05, 0.1) is 0 Å². The van der Waals surface area contributed by atoms with E-state index < -0.39 is 6.09 Å². The Morgan fingerprint density at radius 2 is 1.75 bits per heavy atom. The first-order chi connectivity index (χ1) is 15.3. The minimum Gasteiger partial charge on any atom is -0.449 e. The summed E-state index contributed by atoms with van der Waals surface area (Å²) in [6, 6.07) is 0. The van der Waals surface area contributed by atoms with E-state index in [1.807, 2.05) is 0 Å². The molecule has 0 atom stereocenters. The molecule has 12 heteroatoms. The number of nitrogens with one attached hydrogen (secondary N) is 1. The van der Waals surface area contributed by atoms with Crippen LogP contribution in [-0.2, 0) is 23.9 Å². The molecule has 32 heavy (non-hydrogen) atoms. The van der Waals surface area contributed by atoms with Gasteiger partial charge < -0.3 is 19.9 Å². The molecule has 0 unspecified atom stereocenters. The van der Waals surface area contributed by atoms with E-state index in [9.17, 15) is 24.0 Å². The number of carbonyl (C=O) groups excluding carboxylic acids is 5. The molecule has 0 aromatic rings. The van der Waals surface area contributed by atoms with E-state index in [0.717, 1.165) is 12.2 Å². The Kier molecular flexibility index (Phi) is 14.3. The summed E-state index contributed by atoms with van der Waals surface area (Å²) in [5.74, 6) is 0.835. The van der Waals surface area contributed by atoms with Gasteiger partial charge in [0.25, 0.3) is 11.8 Å². The molecule has 10 nitrogen and oxygen atoms in total. The standard InChI is InChI=1S/C20H32N4O6S2/c1-22(16-25)11-12-23(2)20(29)30-13-15-32-31-14-9-21-17(26)6-4-3-5-10-24-18(27)7-8-19(24)28/h7-8,16H,3-6,9-15H2,1-2H3,(H,21,26). The molecule has 1 heterocycles. The Balaban J connectivity index is 1.90. The first-order valence-electron chi connectivity index (χ1n) is 10.4. The summed E-state index contributed by atoms with van der Waals surface area (Å²) in [5, 5.41) is 2.86. The zero-order chi connectivity index (χ0) is 23.8. The van der Waals surface area contributed by atoms with Crippen molar-refractivity contribution in [1.29, 1.82) is 0 Å². The molecular formula is C20H32N4O6S2. The molecule has 0 bridgehead atoms. The molecule has 5 amide bonds. The van der Waals surface area contributed by atoms with Gasteiger partial charge >= 0.3 is 6.09 Å². The van der Waals surface area contributed by atoms with Gasteiger partial charge in [0.15, 0.2) is 0 Å². The van der Waals surface area contributed by atoms with E-state index in [1.54, 1.807) is 35.7 Å². The van der Waals surface area contributed by atoms with E-state index in [4.69, 9.17) is 4.74 Å². The van der Waals surface area contributed by atoms with E-state index in [-0.39, 0.29) is 17.7 Å². The Bertz CT molecular complexity index is 658. The van der Waals surface area contributed by atoms with Gasteiger partial charge in [-0.2, -0.15) is 0 Å².